The Hall–Kier alpha value is -0.930. The third kappa shape index (κ3) is 2.73. The Morgan fingerprint density at radius 1 is 1.17 bits per heavy atom. The minimum atomic E-state index is 0.202. The van der Waals surface area contributed by atoms with Crippen LogP contribution < -0.4 is 0 Å². The summed E-state index contributed by atoms with van der Waals surface area (Å²) in [7, 11) is 0. The summed E-state index contributed by atoms with van der Waals surface area (Å²) in [5.41, 5.74) is 3.98. The predicted octanol–water partition coefficient (Wildman–Crippen LogP) is 5.33. The lowest BCUT2D eigenvalue weighted by Gasteiger charge is -2.19. The Bertz CT molecular complexity index is 582. The van der Waals surface area contributed by atoms with Crippen molar-refractivity contribution < 1.29 is 0 Å². The summed E-state index contributed by atoms with van der Waals surface area (Å²) in [6, 6.07) is 8.80. The molecule has 0 spiro atoms. The summed E-state index contributed by atoms with van der Waals surface area (Å²) in [6.07, 6.45) is 1.02. The second-order valence-electron chi connectivity index (χ2n) is 5.49. The summed E-state index contributed by atoms with van der Waals surface area (Å²) >= 11 is 6.91. The lowest BCUT2D eigenvalue weighted by molar-refractivity contribution is 0.590. The van der Waals surface area contributed by atoms with E-state index in [1.807, 2.05) is 0 Å². The summed E-state index contributed by atoms with van der Waals surface area (Å²) in [4.78, 5) is 4.64. The molecule has 2 rings (SSSR count). The zero-order chi connectivity index (χ0) is 13.3. The van der Waals surface area contributed by atoms with Gasteiger partial charge in [0, 0.05) is 4.88 Å². The van der Waals surface area contributed by atoms with Crippen LogP contribution in [0.15, 0.2) is 24.3 Å². The molecule has 1 N–H and O–H groups in total. The van der Waals surface area contributed by atoms with E-state index in [1.54, 1.807) is 11.3 Å². The molecule has 1 aromatic heterocycles. The number of H-pyrrole nitrogens is 1. The van der Waals surface area contributed by atoms with Gasteiger partial charge in [-0.25, -0.2) is 0 Å². The molecule has 2 aromatic rings. The van der Waals surface area contributed by atoms with Crippen molar-refractivity contribution in [3.05, 3.63) is 38.7 Å². The normalized spacial score (nSPS) is 11.8. The zero-order valence-electron chi connectivity index (χ0n) is 11.3. The second-order valence-corrected chi connectivity index (χ2v) is 7.27. The van der Waals surface area contributed by atoms with Crippen LogP contribution in [-0.4, -0.2) is 4.98 Å². The van der Waals surface area contributed by atoms with E-state index in [4.69, 9.17) is 12.2 Å². The smallest absolute Gasteiger partial charge is 0.159 e. The highest BCUT2D eigenvalue weighted by Gasteiger charge is 2.14. The van der Waals surface area contributed by atoms with Crippen LogP contribution in [0.5, 0.6) is 0 Å². The van der Waals surface area contributed by atoms with E-state index < -0.39 is 0 Å². The topological polar surface area (TPSA) is 15.8 Å². The van der Waals surface area contributed by atoms with Crippen LogP contribution >= 0.6 is 23.6 Å². The average Bonchev–Trinajstić information content (AvgIpc) is 2.69. The predicted molar refractivity (Wildman–Crippen MR) is 83.0 cm³/mol. The molecule has 0 atom stereocenters. The number of benzene rings is 1. The van der Waals surface area contributed by atoms with E-state index in [1.165, 1.54) is 21.7 Å². The lowest BCUT2D eigenvalue weighted by Crippen LogP contribution is -2.10. The van der Waals surface area contributed by atoms with Gasteiger partial charge in [-0.05, 0) is 35.2 Å². The van der Waals surface area contributed by atoms with Gasteiger partial charge in [-0.2, -0.15) is 0 Å². The van der Waals surface area contributed by atoms with Gasteiger partial charge in [0.25, 0.3) is 0 Å². The maximum absolute atomic E-state index is 5.23. The number of hydrogen-bond donors (Lipinski definition) is 1. The number of aromatic amines is 1. The molecule has 0 fully saturated rings. The number of thiazole rings is 1. The number of aromatic nitrogens is 1. The van der Waals surface area contributed by atoms with Gasteiger partial charge in [0.15, 0.2) is 3.95 Å². The molecule has 0 unspecified atom stereocenters. The Labute approximate surface area is 118 Å². The quantitative estimate of drug-likeness (QED) is 0.733. The molecule has 0 aliphatic rings. The van der Waals surface area contributed by atoms with Gasteiger partial charge >= 0.3 is 0 Å². The van der Waals surface area contributed by atoms with E-state index in [-0.39, 0.29) is 5.41 Å². The maximum atomic E-state index is 5.23. The van der Waals surface area contributed by atoms with Crippen molar-refractivity contribution in [1.82, 2.24) is 4.98 Å². The standard InChI is InChI=1S/C15H19NS2/c1-5-12-13(16-14(17)18-12)10-6-8-11(9-7-10)15(2,3)4/h6-9H,5H2,1-4H3,(H,16,17). The van der Waals surface area contributed by atoms with E-state index in [0.29, 0.717) is 0 Å². The molecule has 1 nitrogen and oxygen atoms in total. The molecule has 0 aliphatic heterocycles. The van der Waals surface area contributed by atoms with Crippen molar-refractivity contribution in [2.45, 2.75) is 39.5 Å². The van der Waals surface area contributed by atoms with Crippen LogP contribution in [0.1, 0.15) is 38.1 Å². The van der Waals surface area contributed by atoms with Gasteiger partial charge in [-0.3, -0.25) is 0 Å². The van der Waals surface area contributed by atoms with Crippen molar-refractivity contribution in [3.8, 4) is 11.3 Å². The molecule has 96 valence electrons. The summed E-state index contributed by atoms with van der Waals surface area (Å²) in [6.45, 7) is 8.87. The van der Waals surface area contributed by atoms with Crippen molar-refractivity contribution in [3.63, 3.8) is 0 Å². The van der Waals surface area contributed by atoms with Gasteiger partial charge in [-0.15, -0.1) is 11.3 Å². The Balaban J connectivity index is 2.43. The van der Waals surface area contributed by atoms with E-state index >= 15 is 0 Å². The Morgan fingerprint density at radius 2 is 1.78 bits per heavy atom. The van der Waals surface area contributed by atoms with E-state index in [2.05, 4.69) is 56.9 Å². The molecule has 1 heterocycles. The Morgan fingerprint density at radius 3 is 2.28 bits per heavy atom. The molecule has 0 saturated heterocycles. The Kier molecular flexibility index (Phi) is 3.74. The fourth-order valence-corrected chi connectivity index (χ4v) is 3.18. The van der Waals surface area contributed by atoms with Gasteiger partial charge < -0.3 is 4.98 Å². The van der Waals surface area contributed by atoms with Gasteiger partial charge in [0.2, 0.25) is 0 Å². The first-order valence-corrected chi connectivity index (χ1v) is 7.47. The number of hydrogen-bond acceptors (Lipinski definition) is 2. The van der Waals surface area contributed by atoms with Crippen LogP contribution in [0.2, 0.25) is 0 Å². The third-order valence-corrected chi connectivity index (χ3v) is 4.46. The SMILES string of the molecule is CCc1sc(=S)[nH]c1-c1ccc(C(C)(C)C)cc1. The first-order chi connectivity index (χ1) is 8.41. The summed E-state index contributed by atoms with van der Waals surface area (Å²) in [5, 5.41) is 0. The summed E-state index contributed by atoms with van der Waals surface area (Å²) in [5.74, 6) is 0. The maximum Gasteiger partial charge on any atom is 0.159 e. The van der Waals surface area contributed by atoms with Gasteiger partial charge in [0.1, 0.15) is 0 Å². The zero-order valence-corrected chi connectivity index (χ0v) is 13.0. The van der Waals surface area contributed by atoms with E-state index in [0.717, 1.165) is 10.4 Å². The molecule has 0 saturated carbocycles. The highest BCUT2D eigenvalue weighted by molar-refractivity contribution is 7.73. The summed E-state index contributed by atoms with van der Waals surface area (Å²) < 4.78 is 0.863. The minimum Gasteiger partial charge on any atom is -0.337 e. The molecular formula is C15H19NS2. The monoisotopic (exact) mass is 277 g/mol. The van der Waals surface area contributed by atoms with E-state index in [9.17, 15) is 0 Å². The first kappa shape index (κ1) is 13.5. The number of nitrogens with one attached hydrogen (secondary N) is 1. The van der Waals surface area contributed by atoms with Crippen LogP contribution in [0.25, 0.3) is 11.3 Å². The first-order valence-electron chi connectivity index (χ1n) is 6.24. The molecular weight excluding hydrogens is 258 g/mol. The van der Waals surface area contributed by atoms with Crippen molar-refractivity contribution in [1.29, 1.82) is 0 Å². The van der Waals surface area contributed by atoms with Gasteiger partial charge in [0.05, 0.1) is 5.69 Å². The number of rotatable bonds is 2. The molecule has 3 heteroatoms. The molecule has 0 amide bonds. The highest BCUT2D eigenvalue weighted by Crippen LogP contribution is 2.29. The van der Waals surface area contributed by atoms with Crippen molar-refractivity contribution >= 4 is 23.6 Å². The number of aryl methyl sites for hydroxylation is 1. The molecule has 1 aromatic carbocycles. The average molecular weight is 277 g/mol. The molecule has 0 radical (unpaired) electrons. The highest BCUT2D eigenvalue weighted by atomic mass is 32.1. The van der Waals surface area contributed by atoms with Gasteiger partial charge in [-0.1, -0.05) is 52.0 Å². The fraction of sp³-hybridized carbons (Fsp3) is 0.400. The van der Waals surface area contributed by atoms with Crippen molar-refractivity contribution in [2.75, 3.05) is 0 Å². The molecule has 18 heavy (non-hydrogen) atoms. The second kappa shape index (κ2) is 4.98. The van der Waals surface area contributed by atoms with Crippen molar-refractivity contribution in [2.24, 2.45) is 0 Å². The van der Waals surface area contributed by atoms with Crippen LogP contribution in [0.3, 0.4) is 0 Å². The minimum absolute atomic E-state index is 0.202. The van der Waals surface area contributed by atoms with Crippen LogP contribution in [0, 0.1) is 3.95 Å². The van der Waals surface area contributed by atoms with Crippen LogP contribution in [-0.2, 0) is 11.8 Å². The fourth-order valence-electron chi connectivity index (χ4n) is 1.98. The molecule has 0 bridgehead atoms. The largest absolute Gasteiger partial charge is 0.337 e. The third-order valence-electron chi connectivity index (χ3n) is 3.08. The molecule has 0 aliphatic carbocycles. The lowest BCUT2D eigenvalue weighted by atomic mass is 9.86. The van der Waals surface area contributed by atoms with Crippen LogP contribution in [0.4, 0.5) is 0 Å².